The molecule has 4 heteroatoms. The van der Waals surface area contributed by atoms with Gasteiger partial charge in [-0.15, -0.1) is 0 Å². The molecule has 1 saturated carbocycles. The molecule has 0 spiro atoms. The smallest absolute Gasteiger partial charge is 0.218 e. The van der Waals surface area contributed by atoms with Gasteiger partial charge in [0.05, 0.1) is 12.7 Å². The first-order chi connectivity index (χ1) is 6.79. The van der Waals surface area contributed by atoms with Crippen LogP contribution in [0.1, 0.15) is 32.1 Å². The molecule has 0 saturated heterocycles. The molecule has 14 heavy (non-hydrogen) atoms. The summed E-state index contributed by atoms with van der Waals surface area (Å²) in [6.07, 6.45) is 5.92. The quantitative estimate of drug-likeness (QED) is 0.585. The molecule has 1 amide bonds. The van der Waals surface area contributed by atoms with Gasteiger partial charge in [-0.05, 0) is 12.8 Å². The van der Waals surface area contributed by atoms with Gasteiger partial charge >= 0.3 is 0 Å². The van der Waals surface area contributed by atoms with Gasteiger partial charge in [-0.2, -0.15) is 0 Å². The third kappa shape index (κ3) is 5.19. The molecule has 1 fully saturated rings. The highest BCUT2D eigenvalue weighted by atomic mass is 16.5. The molecule has 0 atom stereocenters. The summed E-state index contributed by atoms with van der Waals surface area (Å²) in [5.41, 5.74) is 5.00. The lowest BCUT2D eigenvalue weighted by atomic mass is 10.3. The van der Waals surface area contributed by atoms with Crippen LogP contribution in [-0.4, -0.2) is 31.7 Å². The third-order valence-corrected chi connectivity index (χ3v) is 2.48. The third-order valence-electron chi connectivity index (χ3n) is 2.48. The van der Waals surface area contributed by atoms with E-state index >= 15 is 0 Å². The number of primary amides is 1. The number of ether oxygens (including phenoxy) is 1. The molecular formula is C10H20N2O2. The lowest BCUT2D eigenvalue weighted by Gasteiger charge is -2.10. The van der Waals surface area contributed by atoms with E-state index in [0.29, 0.717) is 19.1 Å². The molecule has 0 unspecified atom stereocenters. The van der Waals surface area contributed by atoms with Crippen molar-refractivity contribution in [3.63, 3.8) is 0 Å². The van der Waals surface area contributed by atoms with Crippen molar-refractivity contribution in [3.05, 3.63) is 0 Å². The highest BCUT2D eigenvalue weighted by molar-refractivity contribution is 5.73. The van der Waals surface area contributed by atoms with Crippen LogP contribution in [0.2, 0.25) is 0 Å². The van der Waals surface area contributed by atoms with Crippen LogP contribution in [0.15, 0.2) is 0 Å². The number of hydrogen-bond donors (Lipinski definition) is 2. The van der Waals surface area contributed by atoms with E-state index in [2.05, 4.69) is 5.32 Å². The maximum Gasteiger partial charge on any atom is 0.218 e. The molecule has 0 heterocycles. The van der Waals surface area contributed by atoms with Crippen molar-refractivity contribution in [1.82, 2.24) is 5.32 Å². The van der Waals surface area contributed by atoms with Crippen LogP contribution in [0.4, 0.5) is 0 Å². The molecule has 0 aromatic carbocycles. The van der Waals surface area contributed by atoms with Crippen LogP contribution in [-0.2, 0) is 9.53 Å². The lowest BCUT2D eigenvalue weighted by Crippen LogP contribution is -2.26. The van der Waals surface area contributed by atoms with E-state index in [0.717, 1.165) is 13.2 Å². The molecular weight excluding hydrogens is 180 g/mol. The molecule has 3 N–H and O–H groups in total. The largest absolute Gasteiger partial charge is 0.377 e. The van der Waals surface area contributed by atoms with Gasteiger partial charge in [0, 0.05) is 19.5 Å². The first-order valence-corrected chi connectivity index (χ1v) is 5.39. The van der Waals surface area contributed by atoms with Crippen LogP contribution in [0.5, 0.6) is 0 Å². The van der Waals surface area contributed by atoms with E-state index in [9.17, 15) is 4.79 Å². The Hall–Kier alpha value is -0.610. The highest BCUT2D eigenvalue weighted by Gasteiger charge is 2.14. The van der Waals surface area contributed by atoms with Gasteiger partial charge in [-0.3, -0.25) is 4.79 Å². The van der Waals surface area contributed by atoms with Gasteiger partial charge in [-0.25, -0.2) is 0 Å². The van der Waals surface area contributed by atoms with E-state index in [1.807, 2.05) is 0 Å². The zero-order valence-corrected chi connectivity index (χ0v) is 8.63. The Morgan fingerprint density at radius 3 is 2.71 bits per heavy atom. The molecule has 4 nitrogen and oxygen atoms in total. The van der Waals surface area contributed by atoms with Crippen LogP contribution >= 0.6 is 0 Å². The predicted molar refractivity (Wildman–Crippen MR) is 54.9 cm³/mol. The Bertz CT molecular complexity index is 168. The van der Waals surface area contributed by atoms with Gasteiger partial charge in [0.1, 0.15) is 0 Å². The minimum absolute atomic E-state index is 0.255. The van der Waals surface area contributed by atoms with Crippen molar-refractivity contribution in [1.29, 1.82) is 0 Å². The summed E-state index contributed by atoms with van der Waals surface area (Å²) in [5, 5.41) is 3.11. The minimum atomic E-state index is -0.255. The molecule has 0 aromatic rings. The normalized spacial score (nSPS) is 17.4. The van der Waals surface area contributed by atoms with Gasteiger partial charge in [0.2, 0.25) is 5.91 Å². The van der Waals surface area contributed by atoms with E-state index < -0.39 is 0 Å². The summed E-state index contributed by atoms with van der Waals surface area (Å²) in [6.45, 7) is 2.20. The minimum Gasteiger partial charge on any atom is -0.377 e. The molecule has 1 aliphatic rings. The molecule has 82 valence electrons. The van der Waals surface area contributed by atoms with Crippen molar-refractivity contribution in [2.75, 3.05) is 19.7 Å². The monoisotopic (exact) mass is 200 g/mol. The molecule has 0 aliphatic heterocycles. The van der Waals surface area contributed by atoms with Crippen molar-refractivity contribution < 1.29 is 9.53 Å². The SMILES string of the molecule is NC(=O)CCNCCOC1CCCC1. The first-order valence-electron chi connectivity index (χ1n) is 5.39. The fourth-order valence-electron chi connectivity index (χ4n) is 1.69. The predicted octanol–water partition coefficient (Wildman–Crippen LogP) is 0.411. The van der Waals surface area contributed by atoms with Crippen LogP contribution in [0.3, 0.4) is 0 Å². The number of hydrogen-bond acceptors (Lipinski definition) is 3. The Kier molecular flexibility index (Phi) is 5.56. The van der Waals surface area contributed by atoms with Crippen molar-refractivity contribution in [2.45, 2.75) is 38.2 Å². The van der Waals surface area contributed by atoms with Crippen molar-refractivity contribution >= 4 is 5.91 Å². The standard InChI is InChI=1S/C10H20N2O2/c11-10(13)5-6-12-7-8-14-9-3-1-2-4-9/h9,12H,1-8H2,(H2,11,13). The summed E-state index contributed by atoms with van der Waals surface area (Å²) in [6, 6.07) is 0. The van der Waals surface area contributed by atoms with E-state index in [1.54, 1.807) is 0 Å². The maximum atomic E-state index is 10.4. The lowest BCUT2D eigenvalue weighted by molar-refractivity contribution is -0.117. The average Bonchev–Trinajstić information content (AvgIpc) is 2.63. The zero-order valence-electron chi connectivity index (χ0n) is 8.63. The first kappa shape index (κ1) is 11.5. The van der Waals surface area contributed by atoms with Crippen LogP contribution in [0, 0.1) is 0 Å². The summed E-state index contributed by atoms with van der Waals surface area (Å²) in [7, 11) is 0. The summed E-state index contributed by atoms with van der Waals surface area (Å²) in [4.78, 5) is 10.4. The molecule has 0 aromatic heterocycles. The second kappa shape index (κ2) is 6.79. The van der Waals surface area contributed by atoms with Crippen molar-refractivity contribution in [2.24, 2.45) is 5.73 Å². The average molecular weight is 200 g/mol. The maximum absolute atomic E-state index is 10.4. The van der Waals surface area contributed by atoms with Crippen molar-refractivity contribution in [3.8, 4) is 0 Å². The Balaban J connectivity index is 1.82. The Morgan fingerprint density at radius 1 is 1.36 bits per heavy atom. The van der Waals surface area contributed by atoms with Gasteiger partial charge in [0.25, 0.3) is 0 Å². The highest BCUT2D eigenvalue weighted by Crippen LogP contribution is 2.20. The number of amides is 1. The molecule has 1 aliphatic carbocycles. The Labute approximate surface area is 85.2 Å². The number of carbonyl (C=O) groups is 1. The fourth-order valence-corrected chi connectivity index (χ4v) is 1.69. The topological polar surface area (TPSA) is 64.4 Å². The second-order valence-electron chi connectivity index (χ2n) is 3.74. The molecule has 0 radical (unpaired) electrons. The summed E-state index contributed by atoms with van der Waals surface area (Å²) < 4.78 is 5.63. The molecule has 1 rings (SSSR count). The van der Waals surface area contributed by atoms with E-state index in [-0.39, 0.29) is 5.91 Å². The van der Waals surface area contributed by atoms with E-state index in [4.69, 9.17) is 10.5 Å². The summed E-state index contributed by atoms with van der Waals surface area (Å²) >= 11 is 0. The number of nitrogens with one attached hydrogen (secondary N) is 1. The summed E-state index contributed by atoms with van der Waals surface area (Å²) in [5.74, 6) is -0.255. The van der Waals surface area contributed by atoms with Gasteiger partial charge < -0.3 is 15.8 Å². The Morgan fingerprint density at radius 2 is 2.07 bits per heavy atom. The van der Waals surface area contributed by atoms with Gasteiger partial charge in [-0.1, -0.05) is 12.8 Å². The second-order valence-corrected chi connectivity index (χ2v) is 3.74. The number of rotatable bonds is 7. The molecule has 0 bridgehead atoms. The van der Waals surface area contributed by atoms with Crippen LogP contribution in [0.25, 0.3) is 0 Å². The number of carbonyl (C=O) groups excluding carboxylic acids is 1. The number of nitrogens with two attached hydrogens (primary N) is 1. The van der Waals surface area contributed by atoms with Crippen LogP contribution < -0.4 is 11.1 Å². The van der Waals surface area contributed by atoms with Gasteiger partial charge in [0.15, 0.2) is 0 Å². The fraction of sp³-hybridized carbons (Fsp3) is 0.900. The van der Waals surface area contributed by atoms with E-state index in [1.165, 1.54) is 25.7 Å². The zero-order chi connectivity index (χ0) is 10.2.